The number of nitrogens with zero attached hydrogens (tertiary/aromatic N) is 1. The molecule has 154 valence electrons. The molecule has 0 amide bonds. The smallest absolute Gasteiger partial charge is 0.108 e. The van der Waals surface area contributed by atoms with E-state index >= 15 is 0 Å². The van der Waals surface area contributed by atoms with Crippen molar-refractivity contribution in [2.75, 3.05) is 0 Å². The lowest BCUT2D eigenvalue weighted by Gasteiger charge is -2.40. The molecule has 2 saturated heterocycles. The Balaban J connectivity index is 1.32. The van der Waals surface area contributed by atoms with Crippen LogP contribution in [0.1, 0.15) is 48.5 Å². The summed E-state index contributed by atoms with van der Waals surface area (Å²) < 4.78 is 6.81. The molecule has 5 rings (SSSR count). The number of piperidine rings is 1. The van der Waals surface area contributed by atoms with Crippen molar-refractivity contribution in [1.29, 1.82) is 0 Å². The maximum absolute atomic E-state index is 6.81. The molecule has 2 bridgehead atoms. The second-order valence-electron chi connectivity index (χ2n) is 8.61. The Bertz CT molecular complexity index is 930. The Morgan fingerprint density at radius 1 is 0.767 bits per heavy atom. The van der Waals surface area contributed by atoms with Gasteiger partial charge in [-0.25, -0.2) is 0 Å². The fourth-order valence-corrected chi connectivity index (χ4v) is 5.32. The van der Waals surface area contributed by atoms with Gasteiger partial charge in [0, 0.05) is 23.7 Å². The first kappa shape index (κ1) is 19.8. The van der Waals surface area contributed by atoms with Gasteiger partial charge in [-0.15, -0.1) is 0 Å². The van der Waals surface area contributed by atoms with E-state index in [-0.39, 0.29) is 12.2 Å². The van der Waals surface area contributed by atoms with E-state index in [0.717, 1.165) is 24.4 Å². The van der Waals surface area contributed by atoms with Crippen LogP contribution in [0.2, 0.25) is 5.02 Å². The van der Waals surface area contributed by atoms with Crippen molar-refractivity contribution in [2.24, 2.45) is 0 Å². The van der Waals surface area contributed by atoms with Gasteiger partial charge in [-0.05, 0) is 54.5 Å². The quantitative estimate of drug-likeness (QED) is 0.445. The molecule has 3 heteroatoms. The van der Waals surface area contributed by atoms with Crippen LogP contribution in [0, 0.1) is 0 Å². The molecular formula is C27H28ClNO. The van der Waals surface area contributed by atoms with Gasteiger partial charge in [-0.1, -0.05) is 84.4 Å². The largest absolute Gasteiger partial charge is 0.365 e. The molecule has 30 heavy (non-hydrogen) atoms. The summed E-state index contributed by atoms with van der Waals surface area (Å²) in [6.45, 7) is 1.06. The molecule has 2 unspecified atom stereocenters. The van der Waals surface area contributed by atoms with E-state index in [1.807, 2.05) is 12.1 Å². The number of rotatable bonds is 6. The Kier molecular flexibility index (Phi) is 5.90. The van der Waals surface area contributed by atoms with Crippen LogP contribution in [0.25, 0.3) is 0 Å². The van der Waals surface area contributed by atoms with Crippen LogP contribution in [-0.2, 0) is 11.3 Å². The van der Waals surface area contributed by atoms with Crippen molar-refractivity contribution in [1.82, 2.24) is 4.90 Å². The van der Waals surface area contributed by atoms with Crippen LogP contribution in [-0.4, -0.2) is 23.1 Å². The number of fused-ring (bicyclic) bond motifs is 2. The molecule has 3 aromatic rings. The van der Waals surface area contributed by atoms with Crippen LogP contribution in [0.5, 0.6) is 0 Å². The zero-order valence-corrected chi connectivity index (χ0v) is 17.9. The number of ether oxygens (including phenoxy) is 1. The monoisotopic (exact) mass is 417 g/mol. The molecule has 0 saturated carbocycles. The summed E-state index contributed by atoms with van der Waals surface area (Å²) in [5.41, 5.74) is 3.79. The zero-order chi connectivity index (χ0) is 20.3. The maximum atomic E-state index is 6.81. The van der Waals surface area contributed by atoms with Gasteiger partial charge in [0.25, 0.3) is 0 Å². The highest BCUT2D eigenvalue weighted by molar-refractivity contribution is 6.30. The predicted octanol–water partition coefficient (Wildman–Crippen LogP) is 6.64. The number of benzene rings is 3. The summed E-state index contributed by atoms with van der Waals surface area (Å²) in [4.78, 5) is 2.72. The number of halogens is 1. The lowest BCUT2D eigenvalue weighted by atomic mass is 9.96. The minimum Gasteiger partial charge on any atom is -0.365 e. The van der Waals surface area contributed by atoms with Crippen molar-refractivity contribution >= 4 is 11.6 Å². The second-order valence-corrected chi connectivity index (χ2v) is 9.05. The molecule has 0 radical (unpaired) electrons. The van der Waals surface area contributed by atoms with Crippen molar-refractivity contribution in [2.45, 2.75) is 56.5 Å². The molecule has 2 nitrogen and oxygen atoms in total. The third-order valence-corrected chi connectivity index (χ3v) is 6.90. The topological polar surface area (TPSA) is 12.5 Å². The van der Waals surface area contributed by atoms with Crippen molar-refractivity contribution in [3.63, 3.8) is 0 Å². The van der Waals surface area contributed by atoms with E-state index in [1.54, 1.807) is 0 Å². The fraction of sp³-hybridized carbons (Fsp3) is 0.333. The highest BCUT2D eigenvalue weighted by atomic mass is 35.5. The van der Waals surface area contributed by atoms with E-state index in [1.165, 1.54) is 29.5 Å². The molecule has 0 aromatic heterocycles. The highest BCUT2D eigenvalue weighted by Gasteiger charge is 2.41. The molecule has 0 aliphatic carbocycles. The van der Waals surface area contributed by atoms with Crippen LogP contribution in [0.3, 0.4) is 0 Å². The van der Waals surface area contributed by atoms with Gasteiger partial charge in [0.15, 0.2) is 0 Å². The first-order chi connectivity index (χ1) is 14.8. The Hall–Kier alpha value is -2.13. The predicted molar refractivity (Wildman–Crippen MR) is 123 cm³/mol. The summed E-state index contributed by atoms with van der Waals surface area (Å²) in [5.74, 6) is 0. The SMILES string of the molecule is Clc1ccc(C(OC2C[C@H]3CC[C@@H](C2)N3Cc2ccccc2)c2ccccc2)cc1. The van der Waals surface area contributed by atoms with E-state index in [0.29, 0.717) is 12.1 Å². The van der Waals surface area contributed by atoms with Crippen LogP contribution < -0.4 is 0 Å². The van der Waals surface area contributed by atoms with Crippen LogP contribution in [0.15, 0.2) is 84.9 Å². The average Bonchev–Trinajstić information content (AvgIpc) is 3.02. The second kappa shape index (κ2) is 8.93. The summed E-state index contributed by atoms with van der Waals surface area (Å²) in [7, 11) is 0. The Morgan fingerprint density at radius 2 is 1.33 bits per heavy atom. The lowest BCUT2D eigenvalue weighted by molar-refractivity contribution is -0.0501. The molecular weight excluding hydrogens is 390 g/mol. The van der Waals surface area contributed by atoms with Crippen LogP contribution in [0.4, 0.5) is 0 Å². The molecule has 2 heterocycles. The lowest BCUT2D eigenvalue weighted by Crippen LogP contribution is -2.45. The standard InChI is InChI=1S/C27H28ClNO/c28-23-13-11-22(12-14-23)27(21-9-5-2-6-10-21)30-26-17-24-15-16-25(18-26)29(24)19-20-7-3-1-4-8-20/h1-14,24-27H,15-19H2/t24-,25+,26?,27?. The normalized spacial score (nSPS) is 24.6. The summed E-state index contributed by atoms with van der Waals surface area (Å²) in [6, 6.07) is 30.8. The highest BCUT2D eigenvalue weighted by Crippen LogP contribution is 2.40. The van der Waals surface area contributed by atoms with Crippen LogP contribution >= 0.6 is 11.6 Å². The van der Waals surface area contributed by atoms with Crippen molar-refractivity contribution in [3.8, 4) is 0 Å². The maximum Gasteiger partial charge on any atom is 0.108 e. The molecule has 2 aliphatic heterocycles. The van der Waals surface area contributed by atoms with Gasteiger partial charge in [0.1, 0.15) is 6.10 Å². The van der Waals surface area contributed by atoms with Gasteiger partial charge in [0.2, 0.25) is 0 Å². The third kappa shape index (κ3) is 4.32. The Morgan fingerprint density at radius 3 is 1.97 bits per heavy atom. The first-order valence-electron chi connectivity index (χ1n) is 11.0. The van der Waals surface area contributed by atoms with E-state index < -0.39 is 0 Å². The van der Waals surface area contributed by atoms with E-state index in [4.69, 9.17) is 16.3 Å². The molecule has 0 spiro atoms. The number of hydrogen-bond donors (Lipinski definition) is 0. The molecule has 3 aromatic carbocycles. The summed E-state index contributed by atoms with van der Waals surface area (Å²) in [5, 5.41) is 0.762. The molecule has 4 atom stereocenters. The Labute approximate surface area is 184 Å². The van der Waals surface area contributed by atoms with Gasteiger partial charge < -0.3 is 4.74 Å². The molecule has 2 aliphatic rings. The average molecular weight is 418 g/mol. The molecule has 2 fully saturated rings. The number of hydrogen-bond acceptors (Lipinski definition) is 2. The first-order valence-corrected chi connectivity index (χ1v) is 11.4. The van der Waals surface area contributed by atoms with Crippen molar-refractivity contribution < 1.29 is 4.74 Å². The summed E-state index contributed by atoms with van der Waals surface area (Å²) >= 11 is 6.14. The zero-order valence-electron chi connectivity index (χ0n) is 17.2. The van der Waals surface area contributed by atoms with E-state index in [9.17, 15) is 0 Å². The van der Waals surface area contributed by atoms with Gasteiger partial charge in [-0.2, -0.15) is 0 Å². The van der Waals surface area contributed by atoms with Gasteiger partial charge >= 0.3 is 0 Å². The van der Waals surface area contributed by atoms with Gasteiger partial charge in [-0.3, -0.25) is 4.90 Å². The minimum absolute atomic E-state index is 0.0476. The minimum atomic E-state index is -0.0476. The van der Waals surface area contributed by atoms with E-state index in [2.05, 4.69) is 77.7 Å². The summed E-state index contributed by atoms with van der Waals surface area (Å²) in [6.07, 6.45) is 5.03. The van der Waals surface area contributed by atoms with Gasteiger partial charge in [0.05, 0.1) is 6.10 Å². The molecule has 0 N–H and O–H groups in total. The third-order valence-electron chi connectivity index (χ3n) is 6.65. The van der Waals surface area contributed by atoms with Crippen molar-refractivity contribution in [3.05, 3.63) is 107 Å². The fourth-order valence-electron chi connectivity index (χ4n) is 5.20.